The van der Waals surface area contributed by atoms with Gasteiger partial charge in [0.1, 0.15) is 10.8 Å². The van der Waals surface area contributed by atoms with Gasteiger partial charge in [-0.3, -0.25) is 4.79 Å². The lowest BCUT2D eigenvalue weighted by Gasteiger charge is -2.08. The summed E-state index contributed by atoms with van der Waals surface area (Å²) in [5, 5.41) is 12.0. The first-order chi connectivity index (χ1) is 9.81. The second kappa shape index (κ2) is 5.97. The van der Waals surface area contributed by atoms with Crippen molar-refractivity contribution in [2.24, 2.45) is 7.05 Å². The van der Waals surface area contributed by atoms with E-state index in [4.69, 9.17) is 39.9 Å². The normalized spacial score (nSPS) is 10.5. The van der Waals surface area contributed by atoms with Gasteiger partial charge in [-0.05, 0) is 24.3 Å². The second-order valence-electron chi connectivity index (χ2n) is 4.18. The van der Waals surface area contributed by atoms with Crippen molar-refractivity contribution in [3.05, 3.63) is 50.7 Å². The summed E-state index contributed by atoms with van der Waals surface area (Å²) in [4.78, 5) is 23.0. The fourth-order valence-electron chi connectivity index (χ4n) is 1.72. The number of anilines is 1. The van der Waals surface area contributed by atoms with Crippen molar-refractivity contribution in [1.82, 2.24) is 4.57 Å². The van der Waals surface area contributed by atoms with Gasteiger partial charge in [-0.2, -0.15) is 0 Å². The van der Waals surface area contributed by atoms with E-state index in [0.717, 1.165) is 0 Å². The van der Waals surface area contributed by atoms with E-state index in [0.29, 0.717) is 5.69 Å². The molecule has 2 N–H and O–H groups in total. The molecule has 0 saturated carbocycles. The minimum absolute atomic E-state index is 0.0308. The molecular weight excluding hydrogens is 339 g/mol. The molecule has 1 amide bonds. The van der Waals surface area contributed by atoms with Gasteiger partial charge >= 0.3 is 5.97 Å². The molecule has 0 aliphatic heterocycles. The van der Waals surface area contributed by atoms with Crippen molar-refractivity contribution >= 4 is 52.4 Å². The van der Waals surface area contributed by atoms with Gasteiger partial charge < -0.3 is 15.0 Å². The predicted octanol–water partition coefficient (Wildman–Crippen LogP) is 3.94. The average Bonchev–Trinajstić information content (AvgIpc) is 2.66. The van der Waals surface area contributed by atoms with Crippen LogP contribution in [0.2, 0.25) is 15.2 Å². The number of hydrogen-bond donors (Lipinski definition) is 2. The Kier molecular flexibility index (Phi) is 4.46. The first-order valence-corrected chi connectivity index (χ1v) is 6.79. The molecule has 0 bridgehead atoms. The molecule has 0 radical (unpaired) electrons. The third-order valence-corrected chi connectivity index (χ3v) is 3.96. The van der Waals surface area contributed by atoms with Crippen molar-refractivity contribution in [3.63, 3.8) is 0 Å². The molecule has 0 spiro atoms. The molecule has 2 rings (SSSR count). The van der Waals surface area contributed by atoms with Crippen molar-refractivity contribution in [1.29, 1.82) is 0 Å². The Morgan fingerprint density at radius 1 is 1.14 bits per heavy atom. The second-order valence-corrected chi connectivity index (χ2v) is 5.35. The monoisotopic (exact) mass is 346 g/mol. The van der Waals surface area contributed by atoms with Crippen LogP contribution >= 0.6 is 34.8 Å². The molecule has 0 fully saturated rings. The van der Waals surface area contributed by atoms with Crippen LogP contribution in [-0.2, 0) is 7.05 Å². The number of benzene rings is 1. The number of nitrogens with one attached hydrogen (secondary N) is 1. The number of carbonyl (C=O) groups excluding carboxylic acids is 1. The van der Waals surface area contributed by atoms with E-state index < -0.39 is 11.9 Å². The number of aromatic carboxylic acids is 1. The largest absolute Gasteiger partial charge is 0.478 e. The predicted molar refractivity (Wildman–Crippen MR) is 81.8 cm³/mol. The fraction of sp³-hybridized carbons (Fsp3) is 0.0769. The zero-order valence-corrected chi connectivity index (χ0v) is 12.9. The van der Waals surface area contributed by atoms with E-state index in [9.17, 15) is 9.59 Å². The number of amides is 1. The number of aromatic nitrogens is 1. The van der Waals surface area contributed by atoms with Crippen LogP contribution in [0.1, 0.15) is 20.8 Å². The highest BCUT2D eigenvalue weighted by Gasteiger charge is 2.16. The summed E-state index contributed by atoms with van der Waals surface area (Å²) in [7, 11) is 1.60. The van der Waals surface area contributed by atoms with Gasteiger partial charge in [0.15, 0.2) is 0 Å². The maximum absolute atomic E-state index is 12.1. The van der Waals surface area contributed by atoms with Crippen LogP contribution in [-0.4, -0.2) is 21.6 Å². The number of halogens is 3. The topological polar surface area (TPSA) is 71.3 Å². The number of carboxylic acid groups (broad SMARTS) is 1. The summed E-state index contributed by atoms with van der Waals surface area (Å²) >= 11 is 17.6. The molecule has 0 aliphatic carbocycles. The summed E-state index contributed by atoms with van der Waals surface area (Å²) in [5.41, 5.74) is 0.589. The SMILES string of the molecule is Cn1c(C(=O)Nc2ccc(C(=O)O)c(Cl)c2)cc(Cl)c1Cl. The Morgan fingerprint density at radius 3 is 2.29 bits per heavy atom. The zero-order valence-electron chi connectivity index (χ0n) is 10.7. The Bertz CT molecular complexity index is 741. The summed E-state index contributed by atoms with van der Waals surface area (Å²) in [6, 6.07) is 5.55. The van der Waals surface area contributed by atoms with Crippen LogP contribution in [0, 0.1) is 0 Å². The number of carbonyl (C=O) groups is 2. The minimum Gasteiger partial charge on any atom is -0.478 e. The molecule has 2 aromatic rings. The lowest BCUT2D eigenvalue weighted by Crippen LogP contribution is -2.15. The molecule has 110 valence electrons. The minimum atomic E-state index is -1.14. The third kappa shape index (κ3) is 3.15. The highest BCUT2D eigenvalue weighted by Crippen LogP contribution is 2.26. The molecule has 0 aliphatic rings. The van der Waals surface area contributed by atoms with Crippen molar-refractivity contribution < 1.29 is 14.7 Å². The first-order valence-electron chi connectivity index (χ1n) is 5.66. The van der Waals surface area contributed by atoms with Gasteiger partial charge in [0, 0.05) is 12.7 Å². The molecule has 0 atom stereocenters. The fourth-order valence-corrected chi connectivity index (χ4v) is 2.36. The molecule has 1 aromatic heterocycles. The van der Waals surface area contributed by atoms with E-state index in [1.807, 2.05) is 0 Å². The quantitative estimate of drug-likeness (QED) is 0.883. The summed E-state index contributed by atoms with van der Waals surface area (Å²) < 4.78 is 1.44. The van der Waals surface area contributed by atoms with Gasteiger partial charge in [0.05, 0.1) is 15.6 Å². The third-order valence-electron chi connectivity index (χ3n) is 2.81. The van der Waals surface area contributed by atoms with Crippen molar-refractivity contribution in [3.8, 4) is 0 Å². The summed E-state index contributed by atoms with van der Waals surface area (Å²) in [6.07, 6.45) is 0. The molecule has 21 heavy (non-hydrogen) atoms. The molecule has 1 aromatic carbocycles. The lowest BCUT2D eigenvalue weighted by atomic mass is 10.2. The molecule has 1 heterocycles. The molecule has 8 heteroatoms. The maximum atomic E-state index is 12.1. The van der Waals surface area contributed by atoms with Gasteiger partial charge in [-0.25, -0.2) is 4.79 Å². The van der Waals surface area contributed by atoms with Crippen LogP contribution in [0.3, 0.4) is 0 Å². The lowest BCUT2D eigenvalue weighted by molar-refractivity contribution is 0.0697. The van der Waals surface area contributed by atoms with Crippen molar-refractivity contribution in [2.45, 2.75) is 0 Å². The smallest absolute Gasteiger partial charge is 0.337 e. The Balaban J connectivity index is 2.26. The Labute approximate surface area is 135 Å². The average molecular weight is 348 g/mol. The van der Waals surface area contributed by atoms with Gasteiger partial charge in [0.2, 0.25) is 0 Å². The molecule has 0 saturated heterocycles. The Hall–Kier alpha value is -1.69. The van der Waals surface area contributed by atoms with Crippen LogP contribution in [0.15, 0.2) is 24.3 Å². The number of rotatable bonds is 3. The van der Waals surface area contributed by atoms with Gasteiger partial charge in [-0.15, -0.1) is 0 Å². The summed E-state index contributed by atoms with van der Waals surface area (Å²) in [5.74, 6) is -1.58. The molecular formula is C13H9Cl3N2O3. The van der Waals surface area contributed by atoms with E-state index in [2.05, 4.69) is 5.32 Å². The maximum Gasteiger partial charge on any atom is 0.337 e. The van der Waals surface area contributed by atoms with E-state index in [1.165, 1.54) is 28.8 Å². The van der Waals surface area contributed by atoms with Crippen LogP contribution < -0.4 is 5.32 Å². The van der Waals surface area contributed by atoms with Gasteiger partial charge in [0.25, 0.3) is 5.91 Å². The van der Waals surface area contributed by atoms with E-state index in [-0.39, 0.29) is 26.5 Å². The van der Waals surface area contributed by atoms with Crippen LogP contribution in [0.4, 0.5) is 5.69 Å². The van der Waals surface area contributed by atoms with Gasteiger partial charge in [-0.1, -0.05) is 34.8 Å². The number of hydrogen-bond acceptors (Lipinski definition) is 2. The highest BCUT2D eigenvalue weighted by atomic mass is 35.5. The van der Waals surface area contributed by atoms with Crippen molar-refractivity contribution in [2.75, 3.05) is 5.32 Å². The van der Waals surface area contributed by atoms with Crippen LogP contribution in [0.25, 0.3) is 0 Å². The number of carboxylic acids is 1. The number of nitrogens with zero attached hydrogens (tertiary/aromatic N) is 1. The molecule has 0 unspecified atom stereocenters. The van der Waals surface area contributed by atoms with E-state index >= 15 is 0 Å². The van der Waals surface area contributed by atoms with Crippen LogP contribution in [0.5, 0.6) is 0 Å². The standard InChI is InChI=1S/C13H9Cl3N2O3/c1-18-10(5-9(15)11(18)16)12(19)17-6-2-3-7(13(20)21)8(14)4-6/h2-5H,1H3,(H,17,19)(H,20,21). The first kappa shape index (κ1) is 15.7. The summed E-state index contributed by atoms with van der Waals surface area (Å²) in [6.45, 7) is 0. The zero-order chi connectivity index (χ0) is 15.7. The Morgan fingerprint density at radius 2 is 1.81 bits per heavy atom. The highest BCUT2D eigenvalue weighted by molar-refractivity contribution is 6.42. The molecule has 5 nitrogen and oxygen atoms in total. The van der Waals surface area contributed by atoms with E-state index in [1.54, 1.807) is 7.05 Å².